The first-order valence-corrected chi connectivity index (χ1v) is 8.84. The second kappa shape index (κ2) is 6.47. The third kappa shape index (κ3) is 2.75. The SMILES string of the molecule is Cc1[nH]n(-c2ccccc2)c(=O)c1/C=C(\C#N)c1nc2ccccc2s1. The molecule has 0 radical (unpaired) electrons. The van der Waals surface area contributed by atoms with E-state index >= 15 is 0 Å². The molecule has 0 fully saturated rings. The Labute approximate surface area is 153 Å². The highest BCUT2D eigenvalue weighted by Gasteiger charge is 2.14. The molecule has 0 bridgehead atoms. The van der Waals surface area contributed by atoms with Crippen LogP contribution in [0.5, 0.6) is 0 Å². The van der Waals surface area contributed by atoms with Crippen LogP contribution < -0.4 is 5.56 Å². The predicted octanol–water partition coefficient (Wildman–Crippen LogP) is 4.15. The number of rotatable bonds is 3. The minimum Gasteiger partial charge on any atom is -0.295 e. The first-order valence-electron chi connectivity index (χ1n) is 8.02. The van der Waals surface area contributed by atoms with Crippen LogP contribution in [0.1, 0.15) is 16.3 Å². The Morgan fingerprint density at radius 3 is 2.65 bits per heavy atom. The largest absolute Gasteiger partial charge is 0.295 e. The van der Waals surface area contributed by atoms with Crippen molar-refractivity contribution in [3.63, 3.8) is 0 Å². The summed E-state index contributed by atoms with van der Waals surface area (Å²) in [4.78, 5) is 17.3. The quantitative estimate of drug-likeness (QED) is 0.559. The Morgan fingerprint density at radius 2 is 1.92 bits per heavy atom. The van der Waals surface area contributed by atoms with Gasteiger partial charge in [0.15, 0.2) is 0 Å². The van der Waals surface area contributed by atoms with Crippen LogP contribution in [0.25, 0.3) is 27.6 Å². The van der Waals surface area contributed by atoms with Crippen LogP contribution >= 0.6 is 11.3 Å². The Bertz CT molecular complexity index is 1190. The van der Waals surface area contributed by atoms with E-state index in [2.05, 4.69) is 16.2 Å². The van der Waals surface area contributed by atoms with Gasteiger partial charge in [-0.05, 0) is 37.3 Å². The summed E-state index contributed by atoms with van der Waals surface area (Å²) in [6.45, 7) is 1.82. The number of aryl methyl sites for hydroxylation is 1. The van der Waals surface area contributed by atoms with Crippen molar-refractivity contribution in [2.75, 3.05) is 0 Å². The van der Waals surface area contributed by atoms with Crippen molar-refractivity contribution in [3.8, 4) is 11.8 Å². The number of thiazole rings is 1. The molecule has 4 aromatic rings. The highest BCUT2D eigenvalue weighted by atomic mass is 32.1. The van der Waals surface area contributed by atoms with Crippen LogP contribution in [0.3, 0.4) is 0 Å². The number of aromatic amines is 1. The third-order valence-electron chi connectivity index (χ3n) is 4.06. The van der Waals surface area contributed by atoms with Crippen molar-refractivity contribution in [2.24, 2.45) is 0 Å². The fourth-order valence-corrected chi connectivity index (χ4v) is 3.69. The number of nitrogens with zero attached hydrogens (tertiary/aromatic N) is 3. The highest BCUT2D eigenvalue weighted by Crippen LogP contribution is 2.27. The number of hydrogen-bond acceptors (Lipinski definition) is 4. The fraction of sp³-hybridized carbons (Fsp3) is 0.0500. The minimum absolute atomic E-state index is 0.192. The molecule has 0 saturated heterocycles. The van der Waals surface area contributed by atoms with Gasteiger partial charge in [0, 0.05) is 5.69 Å². The molecule has 2 aromatic heterocycles. The molecule has 0 spiro atoms. The molecule has 2 heterocycles. The molecular weight excluding hydrogens is 344 g/mol. The van der Waals surface area contributed by atoms with Crippen LogP contribution in [0.15, 0.2) is 59.4 Å². The maximum absolute atomic E-state index is 12.8. The lowest BCUT2D eigenvalue weighted by Crippen LogP contribution is -2.15. The van der Waals surface area contributed by atoms with Gasteiger partial charge in [-0.25, -0.2) is 9.67 Å². The van der Waals surface area contributed by atoms with E-state index in [1.165, 1.54) is 16.0 Å². The summed E-state index contributed by atoms with van der Waals surface area (Å²) < 4.78 is 2.49. The van der Waals surface area contributed by atoms with E-state index < -0.39 is 0 Å². The topological polar surface area (TPSA) is 74.5 Å². The monoisotopic (exact) mass is 358 g/mol. The van der Waals surface area contributed by atoms with Gasteiger partial charge in [0.1, 0.15) is 11.1 Å². The standard InChI is InChI=1S/C20H14N4OS/c1-13-16(20(25)24(23-13)15-7-3-2-4-8-15)11-14(12-21)19-22-17-9-5-6-10-18(17)26-19/h2-11,23H,1H3/b14-11+. The fourth-order valence-electron chi connectivity index (χ4n) is 2.76. The van der Waals surface area contributed by atoms with Gasteiger partial charge in [-0.2, -0.15) is 5.26 Å². The van der Waals surface area contributed by atoms with Crippen molar-refractivity contribution >= 4 is 33.2 Å². The normalized spacial score (nSPS) is 11.6. The Morgan fingerprint density at radius 1 is 1.19 bits per heavy atom. The zero-order chi connectivity index (χ0) is 18.1. The molecule has 6 heteroatoms. The van der Waals surface area contributed by atoms with Gasteiger partial charge in [0.25, 0.3) is 5.56 Å². The molecule has 1 N–H and O–H groups in total. The first kappa shape index (κ1) is 16.1. The Hall–Kier alpha value is -3.43. The van der Waals surface area contributed by atoms with Crippen molar-refractivity contribution in [1.82, 2.24) is 14.8 Å². The van der Waals surface area contributed by atoms with E-state index in [1.54, 1.807) is 6.08 Å². The lowest BCUT2D eigenvalue weighted by Gasteiger charge is -1.99. The van der Waals surface area contributed by atoms with Gasteiger partial charge >= 0.3 is 0 Å². The maximum Gasteiger partial charge on any atom is 0.278 e. The molecule has 2 aromatic carbocycles. The number of allylic oxidation sites excluding steroid dienone is 1. The summed E-state index contributed by atoms with van der Waals surface area (Å²) in [5, 5.41) is 13.3. The zero-order valence-corrected chi connectivity index (χ0v) is 14.7. The second-order valence-corrected chi connectivity index (χ2v) is 6.81. The average molecular weight is 358 g/mol. The number of para-hydroxylation sites is 2. The number of nitriles is 1. The molecule has 0 aliphatic carbocycles. The van der Waals surface area contributed by atoms with Crippen molar-refractivity contribution in [1.29, 1.82) is 5.26 Å². The number of aromatic nitrogens is 3. The van der Waals surface area contributed by atoms with E-state index in [4.69, 9.17) is 0 Å². The van der Waals surface area contributed by atoms with E-state index in [9.17, 15) is 10.1 Å². The summed E-state index contributed by atoms with van der Waals surface area (Å²) in [6.07, 6.45) is 1.62. The average Bonchev–Trinajstić information content (AvgIpc) is 3.22. The van der Waals surface area contributed by atoms with Crippen LogP contribution in [0.2, 0.25) is 0 Å². The summed E-state index contributed by atoms with van der Waals surface area (Å²) in [5.74, 6) is 0. The van der Waals surface area contributed by atoms with Crippen LogP contribution in [0, 0.1) is 18.3 Å². The molecule has 0 saturated carbocycles. The molecule has 4 rings (SSSR count). The predicted molar refractivity (Wildman–Crippen MR) is 104 cm³/mol. The molecular formula is C20H14N4OS. The van der Waals surface area contributed by atoms with Gasteiger partial charge in [-0.3, -0.25) is 9.89 Å². The van der Waals surface area contributed by atoms with E-state index in [0.29, 0.717) is 21.8 Å². The van der Waals surface area contributed by atoms with Crippen molar-refractivity contribution in [2.45, 2.75) is 6.92 Å². The lowest BCUT2D eigenvalue weighted by molar-refractivity contribution is 0.835. The lowest BCUT2D eigenvalue weighted by atomic mass is 10.1. The summed E-state index contributed by atoms with van der Waals surface area (Å²) in [5.41, 5.74) is 2.95. The van der Waals surface area contributed by atoms with Gasteiger partial charge in [0.2, 0.25) is 0 Å². The molecule has 0 aliphatic rings. The molecule has 0 atom stereocenters. The van der Waals surface area contributed by atoms with E-state index in [1.807, 2.05) is 61.5 Å². The molecule has 0 unspecified atom stereocenters. The molecule has 26 heavy (non-hydrogen) atoms. The maximum atomic E-state index is 12.8. The first-order chi connectivity index (χ1) is 12.7. The number of benzene rings is 2. The van der Waals surface area contributed by atoms with Gasteiger partial charge < -0.3 is 0 Å². The van der Waals surface area contributed by atoms with Gasteiger partial charge in [-0.1, -0.05) is 30.3 Å². The van der Waals surface area contributed by atoms with Crippen LogP contribution in [-0.2, 0) is 0 Å². The highest BCUT2D eigenvalue weighted by molar-refractivity contribution is 7.19. The second-order valence-electron chi connectivity index (χ2n) is 5.78. The Kier molecular flexibility index (Phi) is 3.99. The molecule has 5 nitrogen and oxygen atoms in total. The third-order valence-corrected chi connectivity index (χ3v) is 5.13. The molecule has 0 amide bonds. The number of hydrogen-bond donors (Lipinski definition) is 1. The van der Waals surface area contributed by atoms with E-state index in [-0.39, 0.29) is 5.56 Å². The zero-order valence-electron chi connectivity index (χ0n) is 13.9. The van der Waals surface area contributed by atoms with Crippen molar-refractivity contribution < 1.29 is 0 Å². The Balaban J connectivity index is 1.83. The van der Waals surface area contributed by atoms with Crippen LogP contribution in [-0.4, -0.2) is 14.8 Å². The molecule has 126 valence electrons. The summed E-state index contributed by atoms with van der Waals surface area (Å²) in [7, 11) is 0. The van der Waals surface area contributed by atoms with Gasteiger partial charge in [-0.15, -0.1) is 11.3 Å². The van der Waals surface area contributed by atoms with Crippen molar-refractivity contribution in [3.05, 3.63) is 81.2 Å². The summed E-state index contributed by atoms with van der Waals surface area (Å²) >= 11 is 1.44. The number of H-pyrrole nitrogens is 1. The molecule has 0 aliphatic heterocycles. The number of nitrogens with one attached hydrogen (secondary N) is 1. The van der Waals surface area contributed by atoms with E-state index in [0.717, 1.165) is 15.9 Å². The summed E-state index contributed by atoms with van der Waals surface area (Å²) in [6, 6.07) is 19.2. The minimum atomic E-state index is -0.192. The van der Waals surface area contributed by atoms with Gasteiger partial charge in [0.05, 0.1) is 27.0 Å². The smallest absolute Gasteiger partial charge is 0.278 e. The number of fused-ring (bicyclic) bond motifs is 1. The van der Waals surface area contributed by atoms with Crippen LogP contribution in [0.4, 0.5) is 0 Å².